The Morgan fingerprint density at radius 2 is 1.85 bits per heavy atom. The molecule has 0 bridgehead atoms. The van der Waals surface area contributed by atoms with Crippen molar-refractivity contribution < 1.29 is 18.7 Å². The Morgan fingerprint density at radius 3 is 2.55 bits per heavy atom. The van der Waals surface area contributed by atoms with Gasteiger partial charge < -0.3 is 25.1 Å². The molecule has 4 rings (SSSR count). The van der Waals surface area contributed by atoms with Crippen LogP contribution in [0.15, 0.2) is 34.7 Å². The van der Waals surface area contributed by atoms with E-state index in [1.54, 1.807) is 6.07 Å². The molecule has 0 spiro atoms. The lowest BCUT2D eigenvalue weighted by atomic mass is 9.72. The van der Waals surface area contributed by atoms with Crippen LogP contribution in [0.4, 0.5) is 11.4 Å². The summed E-state index contributed by atoms with van der Waals surface area (Å²) in [6.45, 7) is 10.5. The zero-order valence-corrected chi connectivity index (χ0v) is 20.0. The van der Waals surface area contributed by atoms with Crippen molar-refractivity contribution in [2.24, 2.45) is 17.6 Å². The molecule has 1 aromatic heterocycles. The van der Waals surface area contributed by atoms with Crippen LogP contribution in [-0.2, 0) is 9.53 Å². The number of benzene rings is 1. The quantitative estimate of drug-likeness (QED) is 0.697. The average Bonchev–Trinajstić information content (AvgIpc) is 3.27. The number of piperidine rings is 1. The smallest absolute Gasteiger partial charge is 0.291 e. The van der Waals surface area contributed by atoms with E-state index in [1.165, 1.54) is 0 Å². The third-order valence-corrected chi connectivity index (χ3v) is 7.61. The van der Waals surface area contributed by atoms with Crippen LogP contribution >= 0.6 is 0 Å². The Bertz CT molecular complexity index is 1020. The lowest BCUT2D eigenvalue weighted by Gasteiger charge is -2.51. The number of rotatable bonds is 5. The minimum Gasteiger partial charge on any atom is -0.456 e. The van der Waals surface area contributed by atoms with E-state index in [-0.39, 0.29) is 29.2 Å². The number of nitrogens with zero attached hydrogens (tertiary/aromatic N) is 1. The molecule has 2 saturated heterocycles. The number of anilines is 2. The number of amides is 2. The number of nitrogens with one attached hydrogen (secondary N) is 1. The van der Waals surface area contributed by atoms with Gasteiger partial charge in [0.2, 0.25) is 5.91 Å². The third-order valence-electron chi connectivity index (χ3n) is 7.61. The van der Waals surface area contributed by atoms with Gasteiger partial charge in [-0.25, -0.2) is 0 Å². The molecule has 2 fully saturated rings. The summed E-state index contributed by atoms with van der Waals surface area (Å²) in [5, 5.41) is 3.08. The summed E-state index contributed by atoms with van der Waals surface area (Å²) in [4.78, 5) is 27.3. The molecule has 2 amide bonds. The minimum atomic E-state index is -0.312. The van der Waals surface area contributed by atoms with Gasteiger partial charge in [0.05, 0.1) is 11.4 Å². The molecule has 3 heterocycles. The number of nitrogens with two attached hydrogens (primary N) is 1. The summed E-state index contributed by atoms with van der Waals surface area (Å²) in [7, 11) is 0. The average molecular weight is 454 g/mol. The molecule has 7 nitrogen and oxygen atoms in total. The molecular weight excluding hydrogens is 418 g/mol. The Hall–Kier alpha value is -2.80. The number of aryl methyl sites for hydroxylation is 1. The summed E-state index contributed by atoms with van der Waals surface area (Å²) in [6.07, 6.45) is 2.50. The molecule has 0 saturated carbocycles. The monoisotopic (exact) mass is 453 g/mol. The van der Waals surface area contributed by atoms with Crippen LogP contribution in [0, 0.1) is 18.8 Å². The zero-order chi connectivity index (χ0) is 23.8. The first-order valence-corrected chi connectivity index (χ1v) is 11.8. The molecule has 0 radical (unpaired) electrons. The van der Waals surface area contributed by atoms with E-state index in [9.17, 15) is 9.59 Å². The normalized spacial score (nSPS) is 23.3. The Kier molecular flexibility index (Phi) is 6.52. The molecule has 3 N–H and O–H groups in total. The van der Waals surface area contributed by atoms with Gasteiger partial charge in [0, 0.05) is 37.1 Å². The summed E-state index contributed by atoms with van der Waals surface area (Å²) in [5.41, 5.74) is 8.08. The number of primary amides is 1. The maximum Gasteiger partial charge on any atom is 0.291 e. The van der Waals surface area contributed by atoms with E-state index in [1.807, 2.05) is 31.2 Å². The molecule has 33 heavy (non-hydrogen) atoms. The van der Waals surface area contributed by atoms with Crippen LogP contribution in [0.1, 0.15) is 67.8 Å². The molecular formula is C26H35N3O4. The van der Waals surface area contributed by atoms with E-state index < -0.39 is 0 Å². The molecule has 178 valence electrons. The second-order valence-electron chi connectivity index (χ2n) is 9.95. The van der Waals surface area contributed by atoms with Crippen molar-refractivity contribution >= 4 is 23.2 Å². The predicted molar refractivity (Wildman–Crippen MR) is 129 cm³/mol. The van der Waals surface area contributed by atoms with Gasteiger partial charge in [-0.3, -0.25) is 9.59 Å². The number of hydrogen-bond donors (Lipinski definition) is 2. The van der Waals surface area contributed by atoms with E-state index in [0.717, 1.165) is 48.8 Å². The first-order valence-electron chi connectivity index (χ1n) is 11.8. The fraction of sp³-hybridized carbons (Fsp3) is 0.538. The van der Waals surface area contributed by atoms with Crippen LogP contribution in [0.3, 0.4) is 0 Å². The van der Waals surface area contributed by atoms with Crippen molar-refractivity contribution in [3.05, 3.63) is 47.4 Å². The molecule has 0 aliphatic carbocycles. The van der Waals surface area contributed by atoms with Crippen LogP contribution in [0.2, 0.25) is 0 Å². The lowest BCUT2D eigenvalue weighted by molar-refractivity contribution is -0.125. The van der Waals surface area contributed by atoms with Gasteiger partial charge in [0.25, 0.3) is 5.91 Å². The zero-order valence-electron chi connectivity index (χ0n) is 20.0. The Balaban J connectivity index is 1.57. The van der Waals surface area contributed by atoms with E-state index in [2.05, 4.69) is 31.0 Å². The topological polar surface area (TPSA) is 97.8 Å². The van der Waals surface area contributed by atoms with Gasteiger partial charge >= 0.3 is 0 Å². The standard InChI is InChI=1S/C26H35N3O4/c1-16-5-6-21(29-12-9-19(24(27)30)17(2)26(29,3)4)20(15-16)28-25(31)23-8-7-22(33-23)18-10-13-32-14-11-18/h5-8,15,17-19H,9-14H2,1-4H3,(H2,27,30)(H,28,31). The van der Waals surface area contributed by atoms with Gasteiger partial charge in [-0.05, 0) is 75.8 Å². The SMILES string of the molecule is Cc1ccc(N2CCC(C(N)=O)C(C)C2(C)C)c(NC(=O)c2ccc(C3CCOCC3)o2)c1. The highest BCUT2D eigenvalue weighted by Crippen LogP contribution is 2.42. The highest BCUT2D eigenvalue weighted by Gasteiger charge is 2.44. The van der Waals surface area contributed by atoms with Gasteiger partial charge in [-0.15, -0.1) is 0 Å². The Labute approximate surface area is 195 Å². The van der Waals surface area contributed by atoms with Crippen molar-refractivity contribution in [2.45, 2.75) is 58.4 Å². The van der Waals surface area contributed by atoms with E-state index >= 15 is 0 Å². The van der Waals surface area contributed by atoms with Crippen LogP contribution in [-0.4, -0.2) is 37.1 Å². The van der Waals surface area contributed by atoms with Gasteiger partial charge in [0.15, 0.2) is 5.76 Å². The first-order chi connectivity index (χ1) is 15.7. The minimum absolute atomic E-state index is 0.0701. The highest BCUT2D eigenvalue weighted by atomic mass is 16.5. The highest BCUT2D eigenvalue weighted by molar-refractivity contribution is 6.04. The molecule has 2 atom stereocenters. The van der Waals surface area contributed by atoms with Crippen molar-refractivity contribution in [1.82, 2.24) is 0 Å². The van der Waals surface area contributed by atoms with Gasteiger partial charge in [-0.1, -0.05) is 13.0 Å². The van der Waals surface area contributed by atoms with E-state index in [0.29, 0.717) is 24.6 Å². The summed E-state index contributed by atoms with van der Waals surface area (Å²) >= 11 is 0. The fourth-order valence-corrected chi connectivity index (χ4v) is 5.21. The molecule has 2 aromatic rings. The van der Waals surface area contributed by atoms with Gasteiger partial charge in [0.1, 0.15) is 5.76 Å². The largest absolute Gasteiger partial charge is 0.456 e. The molecule has 7 heteroatoms. The van der Waals surface area contributed by atoms with Crippen molar-refractivity contribution in [1.29, 1.82) is 0 Å². The third kappa shape index (κ3) is 4.64. The number of hydrogen-bond acceptors (Lipinski definition) is 5. The van der Waals surface area contributed by atoms with Crippen LogP contribution in [0.25, 0.3) is 0 Å². The van der Waals surface area contributed by atoms with Crippen LogP contribution < -0.4 is 16.0 Å². The van der Waals surface area contributed by atoms with Crippen molar-refractivity contribution in [3.8, 4) is 0 Å². The van der Waals surface area contributed by atoms with Gasteiger partial charge in [-0.2, -0.15) is 0 Å². The summed E-state index contributed by atoms with van der Waals surface area (Å²) in [6, 6.07) is 9.72. The number of carbonyl (C=O) groups excluding carboxylic acids is 2. The second-order valence-corrected chi connectivity index (χ2v) is 9.95. The maximum atomic E-state index is 13.1. The Morgan fingerprint density at radius 1 is 1.12 bits per heavy atom. The first kappa shape index (κ1) is 23.4. The summed E-state index contributed by atoms with van der Waals surface area (Å²) in [5.74, 6) is 0.847. The maximum absolute atomic E-state index is 13.1. The van der Waals surface area contributed by atoms with Crippen molar-refractivity contribution in [3.63, 3.8) is 0 Å². The van der Waals surface area contributed by atoms with Crippen molar-refractivity contribution in [2.75, 3.05) is 30.0 Å². The molecule has 2 aliphatic heterocycles. The molecule has 2 aliphatic rings. The van der Waals surface area contributed by atoms with Crippen LogP contribution in [0.5, 0.6) is 0 Å². The second kappa shape index (κ2) is 9.21. The number of ether oxygens (including phenoxy) is 1. The summed E-state index contributed by atoms with van der Waals surface area (Å²) < 4.78 is 11.4. The molecule has 1 aromatic carbocycles. The number of furan rings is 1. The van der Waals surface area contributed by atoms with E-state index in [4.69, 9.17) is 14.9 Å². The fourth-order valence-electron chi connectivity index (χ4n) is 5.21. The number of carbonyl (C=O) groups is 2. The lowest BCUT2D eigenvalue weighted by Crippen LogP contribution is -2.58. The molecule has 2 unspecified atom stereocenters. The predicted octanol–water partition coefficient (Wildman–Crippen LogP) is 4.46.